The molecule has 3 nitrogen and oxygen atoms in total. The molecule has 5 heteroatoms. The summed E-state index contributed by atoms with van der Waals surface area (Å²) in [5, 5.41) is 0.753. The molecule has 4 aliphatic carbocycles. The van der Waals surface area contributed by atoms with Crippen LogP contribution in [0.3, 0.4) is 0 Å². The lowest BCUT2D eigenvalue weighted by molar-refractivity contribution is -0.477. The summed E-state index contributed by atoms with van der Waals surface area (Å²) in [6.45, 7) is 2.80. The number of benzene rings is 1. The van der Waals surface area contributed by atoms with Crippen molar-refractivity contribution in [3.8, 4) is 0 Å². The monoisotopic (exact) mass is 380 g/mol. The first-order chi connectivity index (χ1) is 12.0. The standard InChI is InChI=1S/C20H25ClO3S/c1-19(25-18-4-2-17(21)3-5-18)6-7-22-20(24-23-19)15-9-13-8-14(11-15)12-16(20)10-13/h2-5,13-16H,6-12H2,1H3. The van der Waals surface area contributed by atoms with E-state index in [4.69, 9.17) is 26.1 Å². The number of rotatable bonds is 2. The number of ether oxygens (including phenoxy) is 1. The van der Waals surface area contributed by atoms with E-state index in [1.54, 1.807) is 11.8 Å². The Balaban J connectivity index is 1.34. The van der Waals surface area contributed by atoms with Gasteiger partial charge in [-0.05, 0) is 75.1 Å². The summed E-state index contributed by atoms with van der Waals surface area (Å²) in [6, 6.07) is 7.90. The van der Waals surface area contributed by atoms with Crippen LogP contribution in [0.1, 0.15) is 45.4 Å². The van der Waals surface area contributed by atoms with Gasteiger partial charge in [0.15, 0.2) is 4.93 Å². The molecule has 5 aliphatic rings. The second-order valence-corrected chi connectivity index (χ2v) is 10.5. The average molecular weight is 381 g/mol. The lowest BCUT2D eigenvalue weighted by Gasteiger charge is -2.58. The van der Waals surface area contributed by atoms with E-state index in [0.29, 0.717) is 18.4 Å². The minimum atomic E-state index is -0.494. The molecule has 1 spiro atoms. The fourth-order valence-corrected chi connectivity index (χ4v) is 6.80. The average Bonchev–Trinajstić information content (AvgIpc) is 2.75. The van der Waals surface area contributed by atoms with Crippen LogP contribution in [0.5, 0.6) is 0 Å². The van der Waals surface area contributed by atoms with Crippen LogP contribution in [-0.4, -0.2) is 17.3 Å². The molecular formula is C20H25ClO3S. The van der Waals surface area contributed by atoms with Gasteiger partial charge >= 0.3 is 0 Å². The molecule has 4 bridgehead atoms. The van der Waals surface area contributed by atoms with Crippen molar-refractivity contribution in [2.75, 3.05) is 6.61 Å². The quantitative estimate of drug-likeness (QED) is 0.618. The third-order valence-electron chi connectivity index (χ3n) is 6.66. The largest absolute Gasteiger partial charge is 0.347 e. The summed E-state index contributed by atoms with van der Waals surface area (Å²) >= 11 is 7.68. The fraction of sp³-hybridized carbons (Fsp3) is 0.700. The van der Waals surface area contributed by atoms with Crippen LogP contribution in [0.15, 0.2) is 29.2 Å². The number of hydrogen-bond acceptors (Lipinski definition) is 4. The highest BCUT2D eigenvalue weighted by molar-refractivity contribution is 8.00. The molecule has 1 unspecified atom stereocenters. The van der Waals surface area contributed by atoms with Gasteiger partial charge in [-0.25, -0.2) is 4.89 Å². The molecule has 1 aliphatic heterocycles. The minimum absolute atomic E-state index is 0.438. The van der Waals surface area contributed by atoms with E-state index in [0.717, 1.165) is 28.2 Å². The van der Waals surface area contributed by atoms with Gasteiger partial charge in [0.05, 0.1) is 6.61 Å². The number of thioether (sulfide) groups is 1. The Labute approximate surface area is 158 Å². The van der Waals surface area contributed by atoms with Crippen molar-refractivity contribution in [3.05, 3.63) is 29.3 Å². The van der Waals surface area contributed by atoms with Gasteiger partial charge in [0.25, 0.3) is 0 Å². The summed E-state index contributed by atoms with van der Waals surface area (Å²) in [4.78, 5) is 13.0. The van der Waals surface area contributed by atoms with Crippen LogP contribution in [0.4, 0.5) is 0 Å². The van der Waals surface area contributed by atoms with Gasteiger partial charge in [0.2, 0.25) is 5.79 Å². The summed E-state index contributed by atoms with van der Waals surface area (Å²) in [5.74, 6) is 2.29. The maximum absolute atomic E-state index is 6.44. The van der Waals surface area contributed by atoms with Crippen LogP contribution in [0, 0.1) is 23.7 Å². The molecule has 1 atom stereocenters. The molecule has 1 heterocycles. The van der Waals surface area contributed by atoms with Gasteiger partial charge in [-0.15, -0.1) is 0 Å². The Morgan fingerprint density at radius 3 is 2.24 bits per heavy atom. The first-order valence-electron chi connectivity index (χ1n) is 9.50. The van der Waals surface area contributed by atoms with Gasteiger partial charge in [-0.3, -0.25) is 0 Å². The Hall–Kier alpha value is -0.260. The highest BCUT2D eigenvalue weighted by Crippen LogP contribution is 2.61. The van der Waals surface area contributed by atoms with Gasteiger partial charge < -0.3 is 4.74 Å². The summed E-state index contributed by atoms with van der Waals surface area (Å²) < 4.78 is 6.44. The van der Waals surface area contributed by atoms with Crippen molar-refractivity contribution in [2.24, 2.45) is 23.7 Å². The molecule has 0 aromatic heterocycles. The lowest BCUT2D eigenvalue weighted by atomic mass is 9.53. The van der Waals surface area contributed by atoms with Crippen molar-refractivity contribution in [1.82, 2.24) is 0 Å². The SMILES string of the molecule is CC1(Sc2ccc(Cl)cc2)CCOC2(OO1)C1CC3CC(C1)CC2C3. The molecule has 0 radical (unpaired) electrons. The van der Waals surface area contributed by atoms with Crippen molar-refractivity contribution < 1.29 is 14.5 Å². The van der Waals surface area contributed by atoms with Gasteiger partial charge in [-0.2, -0.15) is 4.89 Å². The Bertz CT molecular complexity index is 621. The zero-order valence-corrected chi connectivity index (χ0v) is 16.2. The Kier molecular flexibility index (Phi) is 4.14. The molecule has 1 aromatic rings. The Morgan fingerprint density at radius 2 is 1.60 bits per heavy atom. The third-order valence-corrected chi connectivity index (χ3v) is 8.12. The van der Waals surface area contributed by atoms with E-state index >= 15 is 0 Å². The maximum atomic E-state index is 6.44. The second kappa shape index (κ2) is 6.13. The normalized spacial score (nSPS) is 45.7. The summed E-state index contributed by atoms with van der Waals surface area (Å²) in [7, 11) is 0. The predicted molar refractivity (Wildman–Crippen MR) is 98.2 cm³/mol. The zero-order valence-electron chi connectivity index (χ0n) is 14.6. The number of halogens is 1. The van der Waals surface area contributed by atoms with E-state index < -0.39 is 10.7 Å². The maximum Gasteiger partial charge on any atom is 0.207 e. The summed E-state index contributed by atoms with van der Waals surface area (Å²) in [6.07, 6.45) is 7.23. The first kappa shape index (κ1) is 16.9. The Morgan fingerprint density at radius 1 is 0.960 bits per heavy atom. The van der Waals surface area contributed by atoms with E-state index in [2.05, 4.69) is 6.92 Å². The molecule has 5 fully saturated rings. The third kappa shape index (κ3) is 2.94. The van der Waals surface area contributed by atoms with Crippen LogP contribution >= 0.6 is 23.4 Å². The topological polar surface area (TPSA) is 27.7 Å². The van der Waals surface area contributed by atoms with Gasteiger partial charge in [0.1, 0.15) is 0 Å². The molecule has 6 rings (SSSR count). The zero-order chi connectivity index (χ0) is 17.1. The van der Waals surface area contributed by atoms with Crippen molar-refractivity contribution in [2.45, 2.75) is 61.1 Å². The predicted octanol–water partition coefficient (Wildman–Crippen LogP) is 5.67. The van der Waals surface area contributed by atoms with E-state index in [1.165, 1.54) is 32.1 Å². The molecule has 25 heavy (non-hydrogen) atoms. The second-order valence-electron chi connectivity index (χ2n) is 8.48. The molecule has 1 saturated heterocycles. The van der Waals surface area contributed by atoms with E-state index in [-0.39, 0.29) is 0 Å². The lowest BCUT2D eigenvalue weighted by Crippen LogP contribution is -2.60. The van der Waals surface area contributed by atoms with Crippen LogP contribution in [-0.2, 0) is 14.5 Å². The number of hydrogen-bond donors (Lipinski definition) is 0. The van der Waals surface area contributed by atoms with Crippen LogP contribution in [0.25, 0.3) is 0 Å². The van der Waals surface area contributed by atoms with Crippen molar-refractivity contribution in [1.29, 1.82) is 0 Å². The van der Waals surface area contributed by atoms with Crippen molar-refractivity contribution in [3.63, 3.8) is 0 Å². The van der Waals surface area contributed by atoms with Gasteiger partial charge in [-0.1, -0.05) is 23.4 Å². The van der Waals surface area contributed by atoms with E-state index in [9.17, 15) is 0 Å². The van der Waals surface area contributed by atoms with Crippen LogP contribution in [0.2, 0.25) is 5.02 Å². The molecule has 1 aromatic carbocycles. The molecule has 0 amide bonds. The smallest absolute Gasteiger partial charge is 0.207 e. The molecular weight excluding hydrogens is 356 g/mol. The molecule has 0 N–H and O–H groups in total. The van der Waals surface area contributed by atoms with Crippen molar-refractivity contribution >= 4 is 23.4 Å². The van der Waals surface area contributed by atoms with Crippen LogP contribution < -0.4 is 0 Å². The minimum Gasteiger partial charge on any atom is -0.347 e. The highest BCUT2D eigenvalue weighted by atomic mass is 35.5. The van der Waals surface area contributed by atoms with Gasteiger partial charge in [0, 0.05) is 28.2 Å². The molecule has 136 valence electrons. The summed E-state index contributed by atoms with van der Waals surface area (Å²) in [5.41, 5.74) is 0. The first-order valence-corrected chi connectivity index (χ1v) is 10.7. The fourth-order valence-electron chi connectivity index (χ4n) is 5.65. The molecule has 4 saturated carbocycles. The highest BCUT2D eigenvalue weighted by Gasteiger charge is 2.61. The van der Waals surface area contributed by atoms with E-state index in [1.807, 2.05) is 24.3 Å².